The van der Waals surface area contributed by atoms with E-state index in [4.69, 9.17) is 5.11 Å². The Bertz CT molecular complexity index is 584. The highest BCUT2D eigenvalue weighted by atomic mass is 32.2. The number of thioether (sulfide) groups is 1. The van der Waals surface area contributed by atoms with Gasteiger partial charge in [-0.3, -0.25) is 9.59 Å². The summed E-state index contributed by atoms with van der Waals surface area (Å²) in [5.41, 5.74) is 1.60. The molecule has 0 spiro atoms. The molecule has 0 aliphatic carbocycles. The van der Waals surface area contributed by atoms with Crippen molar-refractivity contribution >= 4 is 34.5 Å². The van der Waals surface area contributed by atoms with E-state index in [0.717, 1.165) is 17.3 Å². The zero-order valence-electron chi connectivity index (χ0n) is 10.7. The number of carboxylic acids is 1. The van der Waals surface area contributed by atoms with Crippen molar-refractivity contribution in [2.45, 2.75) is 18.6 Å². The molecule has 20 heavy (non-hydrogen) atoms. The van der Waals surface area contributed by atoms with Crippen LogP contribution in [0.5, 0.6) is 0 Å². The molecule has 1 amide bonds. The predicted molar refractivity (Wildman–Crippen MR) is 77.9 cm³/mol. The smallest absolute Gasteiger partial charge is 0.317 e. The number of hydrogen-bond acceptors (Lipinski definition) is 5. The zero-order chi connectivity index (χ0) is 14.5. The maximum atomic E-state index is 11.4. The molecular formula is C13H13N3O3S. The average Bonchev–Trinajstić information content (AvgIpc) is 2.45. The number of nitrogens with one attached hydrogen (secondary N) is 1. The van der Waals surface area contributed by atoms with Crippen molar-refractivity contribution in [2.75, 3.05) is 0 Å². The summed E-state index contributed by atoms with van der Waals surface area (Å²) in [5.74, 6) is -1.39. The highest BCUT2D eigenvalue weighted by Gasteiger charge is 2.29. The Labute approximate surface area is 120 Å². The van der Waals surface area contributed by atoms with Crippen molar-refractivity contribution in [3.63, 3.8) is 0 Å². The molecule has 1 saturated heterocycles. The third-order valence-electron chi connectivity index (χ3n) is 2.63. The first kappa shape index (κ1) is 14.3. The van der Waals surface area contributed by atoms with Gasteiger partial charge in [-0.2, -0.15) is 5.10 Å². The molecule has 0 aromatic heterocycles. The van der Waals surface area contributed by atoms with Crippen molar-refractivity contribution in [1.82, 2.24) is 5.32 Å². The molecule has 1 fully saturated rings. The third kappa shape index (κ3) is 3.67. The molecule has 104 valence electrons. The van der Waals surface area contributed by atoms with Crippen molar-refractivity contribution in [2.24, 2.45) is 10.2 Å². The average molecular weight is 291 g/mol. The number of hydrogen-bond donors (Lipinski definition) is 2. The van der Waals surface area contributed by atoms with Crippen molar-refractivity contribution in [3.8, 4) is 0 Å². The fourth-order valence-electron chi connectivity index (χ4n) is 1.59. The van der Waals surface area contributed by atoms with Crippen LogP contribution in [0.25, 0.3) is 0 Å². The van der Waals surface area contributed by atoms with Gasteiger partial charge in [-0.05, 0) is 12.5 Å². The van der Waals surface area contributed by atoms with Gasteiger partial charge in [-0.15, -0.1) is 5.10 Å². The Morgan fingerprint density at radius 2 is 2.10 bits per heavy atom. The van der Waals surface area contributed by atoms with E-state index in [1.54, 1.807) is 6.92 Å². The van der Waals surface area contributed by atoms with Gasteiger partial charge in [0.05, 0.1) is 5.71 Å². The fraction of sp³-hybridized carbons (Fsp3) is 0.231. The first-order valence-corrected chi connectivity index (χ1v) is 6.81. The van der Waals surface area contributed by atoms with E-state index in [1.807, 2.05) is 30.3 Å². The van der Waals surface area contributed by atoms with Crippen molar-refractivity contribution in [1.29, 1.82) is 0 Å². The van der Waals surface area contributed by atoms with Crippen LogP contribution in [0.15, 0.2) is 40.5 Å². The standard InChI is InChI=1S/C13H13N3O3S/c1-8(9-5-3-2-4-6-9)15-16-13-14-11(17)7-10(20-13)12(18)19/h2-6,10H,7H2,1H3,(H,18,19)(H,14,16,17)/b15-8+/t10-/m1/s1. The number of amides is 1. The summed E-state index contributed by atoms with van der Waals surface area (Å²) >= 11 is 0.992. The molecular weight excluding hydrogens is 278 g/mol. The van der Waals surface area contributed by atoms with Gasteiger partial charge in [0.25, 0.3) is 0 Å². The van der Waals surface area contributed by atoms with E-state index in [-0.39, 0.29) is 17.5 Å². The highest BCUT2D eigenvalue weighted by molar-refractivity contribution is 8.15. The van der Waals surface area contributed by atoms with E-state index in [9.17, 15) is 9.59 Å². The number of carbonyl (C=O) groups is 2. The molecule has 6 nitrogen and oxygen atoms in total. The van der Waals surface area contributed by atoms with Gasteiger partial charge in [0, 0.05) is 6.42 Å². The van der Waals surface area contributed by atoms with Crippen LogP contribution in [-0.2, 0) is 9.59 Å². The summed E-state index contributed by atoms with van der Waals surface area (Å²) in [6.45, 7) is 1.80. The second-order valence-corrected chi connectivity index (χ2v) is 5.35. The van der Waals surface area contributed by atoms with Gasteiger partial charge in [0.1, 0.15) is 5.25 Å². The molecule has 1 aromatic rings. The minimum absolute atomic E-state index is 0.0552. The van der Waals surface area contributed by atoms with Gasteiger partial charge in [-0.1, -0.05) is 42.1 Å². The number of benzene rings is 1. The van der Waals surface area contributed by atoms with Gasteiger partial charge in [-0.25, -0.2) is 0 Å². The largest absolute Gasteiger partial charge is 0.480 e. The Kier molecular flexibility index (Phi) is 4.52. The maximum absolute atomic E-state index is 11.4. The Balaban J connectivity index is 2.14. The minimum Gasteiger partial charge on any atom is -0.480 e. The lowest BCUT2D eigenvalue weighted by Crippen LogP contribution is -2.40. The fourth-order valence-corrected chi connectivity index (χ4v) is 2.45. The summed E-state index contributed by atoms with van der Waals surface area (Å²) in [5, 5.41) is 18.8. The first-order valence-electron chi connectivity index (χ1n) is 5.93. The molecule has 1 aliphatic heterocycles. The van der Waals surface area contributed by atoms with Crippen LogP contribution in [0.4, 0.5) is 0 Å². The summed E-state index contributed by atoms with van der Waals surface area (Å²) < 4.78 is 0. The molecule has 2 rings (SSSR count). The van der Waals surface area contributed by atoms with Gasteiger partial charge >= 0.3 is 5.97 Å². The highest BCUT2D eigenvalue weighted by Crippen LogP contribution is 2.20. The van der Waals surface area contributed by atoms with Crippen molar-refractivity contribution < 1.29 is 14.7 Å². The minimum atomic E-state index is -1.03. The second-order valence-electron chi connectivity index (χ2n) is 4.15. The predicted octanol–water partition coefficient (Wildman–Crippen LogP) is 1.47. The van der Waals surface area contributed by atoms with Crippen LogP contribution < -0.4 is 5.32 Å². The normalized spacial score (nSPS) is 21.6. The Morgan fingerprint density at radius 3 is 2.75 bits per heavy atom. The monoisotopic (exact) mass is 291 g/mol. The van der Waals surface area contributed by atoms with Crippen LogP contribution in [0, 0.1) is 0 Å². The van der Waals surface area contributed by atoms with E-state index in [1.165, 1.54) is 0 Å². The van der Waals surface area contributed by atoms with Crippen LogP contribution in [-0.4, -0.2) is 33.1 Å². The lowest BCUT2D eigenvalue weighted by atomic mass is 10.1. The lowest BCUT2D eigenvalue weighted by molar-refractivity contribution is -0.138. The number of rotatable bonds is 3. The van der Waals surface area contributed by atoms with Crippen LogP contribution >= 0.6 is 11.8 Å². The van der Waals surface area contributed by atoms with Crippen LogP contribution in [0.2, 0.25) is 0 Å². The summed E-state index contributed by atoms with van der Waals surface area (Å²) in [7, 11) is 0. The molecule has 0 saturated carbocycles. The summed E-state index contributed by atoms with van der Waals surface area (Å²) in [6.07, 6.45) is -0.0552. The van der Waals surface area contributed by atoms with Gasteiger partial charge in [0.2, 0.25) is 5.91 Å². The van der Waals surface area contributed by atoms with E-state index < -0.39 is 11.2 Å². The van der Waals surface area contributed by atoms with Crippen LogP contribution in [0.1, 0.15) is 18.9 Å². The molecule has 0 bridgehead atoms. The first-order chi connectivity index (χ1) is 9.56. The van der Waals surface area contributed by atoms with Crippen LogP contribution in [0.3, 0.4) is 0 Å². The van der Waals surface area contributed by atoms with Gasteiger partial charge < -0.3 is 10.4 Å². The number of amidine groups is 1. The van der Waals surface area contributed by atoms with E-state index >= 15 is 0 Å². The summed E-state index contributed by atoms with van der Waals surface area (Å²) in [4.78, 5) is 22.3. The van der Waals surface area contributed by atoms with Crippen molar-refractivity contribution in [3.05, 3.63) is 35.9 Å². The summed E-state index contributed by atoms with van der Waals surface area (Å²) in [6, 6.07) is 9.47. The molecule has 1 aromatic carbocycles. The van der Waals surface area contributed by atoms with E-state index in [2.05, 4.69) is 15.5 Å². The Morgan fingerprint density at radius 1 is 1.40 bits per heavy atom. The number of aliphatic carboxylic acids is 1. The quantitative estimate of drug-likeness (QED) is 0.651. The second kappa shape index (κ2) is 6.33. The topological polar surface area (TPSA) is 91.1 Å². The molecule has 7 heteroatoms. The maximum Gasteiger partial charge on any atom is 0.317 e. The Hall–Kier alpha value is -2.15. The molecule has 2 N–H and O–H groups in total. The molecule has 1 atom stereocenters. The third-order valence-corrected chi connectivity index (χ3v) is 3.69. The number of carboxylic acid groups (broad SMARTS) is 1. The molecule has 0 radical (unpaired) electrons. The SMILES string of the molecule is C/C(=N\N=C1NC(=O)C[C@H](C(=O)O)S1)c1ccccc1. The van der Waals surface area contributed by atoms with E-state index in [0.29, 0.717) is 5.71 Å². The molecule has 0 unspecified atom stereocenters. The number of nitrogens with zero attached hydrogens (tertiary/aromatic N) is 2. The lowest BCUT2D eigenvalue weighted by Gasteiger charge is -2.18. The molecule has 1 heterocycles. The molecule has 1 aliphatic rings. The zero-order valence-corrected chi connectivity index (χ0v) is 11.6. The van der Waals surface area contributed by atoms with Gasteiger partial charge in [0.15, 0.2) is 5.17 Å². The number of carbonyl (C=O) groups excluding carboxylic acids is 1.